The van der Waals surface area contributed by atoms with Crippen LogP contribution in [0.1, 0.15) is 0 Å². The maximum atomic E-state index is 14.1. The Labute approximate surface area is 148 Å². The highest BCUT2D eigenvalue weighted by atomic mass is 32.2. The van der Waals surface area contributed by atoms with Gasteiger partial charge < -0.3 is 0 Å². The van der Waals surface area contributed by atoms with E-state index >= 15 is 0 Å². The Kier molecular flexibility index (Phi) is 4.46. The molecular weight excluding hydrogens is 396 g/mol. The maximum Gasteiger partial charge on any atom is 0.312 e. The van der Waals surface area contributed by atoms with E-state index in [1.54, 1.807) is 0 Å². The van der Waals surface area contributed by atoms with E-state index in [-0.39, 0.29) is 16.9 Å². The van der Waals surface area contributed by atoms with Crippen LogP contribution in [0.4, 0.5) is 17.6 Å². The molecule has 0 spiro atoms. The molecule has 1 heterocycles. The zero-order valence-electron chi connectivity index (χ0n) is 12.5. The standard InChI is InChI=1S/C15H8F4N2O3S2/c16-9-2-1-8(5-10(9)17)21-13(6-25-15(21)22)7-3-11(18)14(12(19)4-7)26(20,23)24/h1-6H,(H2,20,23,24). The molecule has 3 aromatic rings. The highest BCUT2D eigenvalue weighted by molar-refractivity contribution is 7.89. The molecule has 2 N–H and O–H groups in total. The van der Waals surface area contributed by atoms with Crippen LogP contribution in [0.3, 0.4) is 0 Å². The number of hydrogen-bond acceptors (Lipinski definition) is 4. The first-order valence-electron chi connectivity index (χ1n) is 6.78. The van der Waals surface area contributed by atoms with Gasteiger partial charge in [0.25, 0.3) is 0 Å². The summed E-state index contributed by atoms with van der Waals surface area (Å²) in [4.78, 5) is 10.1. The molecule has 0 aliphatic rings. The maximum absolute atomic E-state index is 14.1. The summed E-state index contributed by atoms with van der Waals surface area (Å²) >= 11 is 0.656. The third kappa shape index (κ3) is 3.16. The minimum absolute atomic E-state index is 0.0372. The normalized spacial score (nSPS) is 11.7. The summed E-state index contributed by atoms with van der Waals surface area (Å²) in [6.45, 7) is 0. The number of nitrogens with zero attached hydrogens (tertiary/aromatic N) is 1. The Morgan fingerprint density at radius 2 is 1.54 bits per heavy atom. The largest absolute Gasteiger partial charge is 0.312 e. The van der Waals surface area contributed by atoms with Gasteiger partial charge in [-0.3, -0.25) is 9.36 Å². The smallest absolute Gasteiger partial charge is 0.267 e. The first-order valence-corrected chi connectivity index (χ1v) is 9.20. The number of rotatable bonds is 3. The summed E-state index contributed by atoms with van der Waals surface area (Å²) in [6.07, 6.45) is 0. The number of thiazole rings is 1. The minimum atomic E-state index is -4.64. The van der Waals surface area contributed by atoms with Crippen molar-refractivity contribution in [2.45, 2.75) is 4.90 Å². The van der Waals surface area contributed by atoms with Crippen molar-refractivity contribution in [3.63, 3.8) is 0 Å². The topological polar surface area (TPSA) is 82.2 Å². The molecule has 1 aromatic heterocycles. The average Bonchev–Trinajstić information content (AvgIpc) is 2.89. The first kappa shape index (κ1) is 18.3. The van der Waals surface area contributed by atoms with E-state index in [9.17, 15) is 30.8 Å². The summed E-state index contributed by atoms with van der Waals surface area (Å²) in [5.74, 6) is -5.24. The molecule has 3 rings (SSSR count). The Hall–Kier alpha value is -2.50. The summed E-state index contributed by atoms with van der Waals surface area (Å²) in [7, 11) is -4.64. The van der Waals surface area contributed by atoms with Gasteiger partial charge in [-0.15, -0.1) is 0 Å². The fourth-order valence-corrected chi connectivity index (χ4v) is 3.78. The van der Waals surface area contributed by atoms with Gasteiger partial charge in [-0.05, 0) is 24.3 Å². The number of nitrogens with two attached hydrogens (primary N) is 1. The molecule has 2 aromatic carbocycles. The van der Waals surface area contributed by atoms with Crippen LogP contribution >= 0.6 is 11.3 Å². The van der Waals surface area contributed by atoms with Crippen LogP contribution in [0.25, 0.3) is 16.9 Å². The molecule has 0 unspecified atom stereocenters. The Morgan fingerprint density at radius 1 is 0.923 bits per heavy atom. The van der Waals surface area contributed by atoms with Crippen LogP contribution in [0, 0.1) is 23.3 Å². The molecular formula is C15H8F4N2O3S2. The van der Waals surface area contributed by atoms with Crippen LogP contribution in [0.15, 0.2) is 45.4 Å². The van der Waals surface area contributed by atoms with Gasteiger partial charge in [0.1, 0.15) is 11.6 Å². The molecule has 5 nitrogen and oxygen atoms in total. The van der Waals surface area contributed by atoms with Gasteiger partial charge in [-0.2, -0.15) is 0 Å². The molecule has 0 saturated carbocycles. The van der Waals surface area contributed by atoms with Gasteiger partial charge in [0.2, 0.25) is 10.0 Å². The van der Waals surface area contributed by atoms with Gasteiger partial charge in [-0.1, -0.05) is 11.3 Å². The molecule has 0 amide bonds. The molecule has 0 aliphatic carbocycles. The highest BCUT2D eigenvalue weighted by Crippen LogP contribution is 2.28. The van der Waals surface area contributed by atoms with Crippen LogP contribution in [0.2, 0.25) is 0 Å². The average molecular weight is 404 g/mol. The van der Waals surface area contributed by atoms with Crippen LogP contribution in [-0.2, 0) is 10.0 Å². The second-order valence-corrected chi connectivity index (χ2v) is 7.45. The van der Waals surface area contributed by atoms with Gasteiger partial charge in [-0.25, -0.2) is 31.1 Å². The monoisotopic (exact) mass is 404 g/mol. The van der Waals surface area contributed by atoms with E-state index in [4.69, 9.17) is 5.14 Å². The molecule has 0 bridgehead atoms. The van der Waals surface area contributed by atoms with Gasteiger partial charge >= 0.3 is 4.87 Å². The zero-order valence-corrected chi connectivity index (χ0v) is 14.2. The van der Waals surface area contributed by atoms with E-state index in [1.165, 1.54) is 5.38 Å². The lowest BCUT2D eigenvalue weighted by Crippen LogP contribution is -2.17. The molecule has 26 heavy (non-hydrogen) atoms. The quantitative estimate of drug-likeness (QED) is 0.682. The van der Waals surface area contributed by atoms with E-state index in [1.807, 2.05) is 0 Å². The molecule has 0 aliphatic heterocycles. The summed E-state index contributed by atoms with van der Waals surface area (Å²) in [5.41, 5.74) is -0.290. The van der Waals surface area contributed by atoms with Crippen molar-refractivity contribution in [2.75, 3.05) is 0 Å². The fraction of sp³-hybridized carbons (Fsp3) is 0. The van der Waals surface area contributed by atoms with Crippen molar-refractivity contribution in [2.24, 2.45) is 5.14 Å². The number of primary sulfonamides is 1. The minimum Gasteiger partial charge on any atom is -0.267 e. The van der Waals surface area contributed by atoms with Crippen LogP contribution < -0.4 is 10.0 Å². The molecule has 0 fully saturated rings. The fourth-order valence-electron chi connectivity index (χ4n) is 2.36. The van der Waals surface area contributed by atoms with Crippen LogP contribution in [0.5, 0.6) is 0 Å². The van der Waals surface area contributed by atoms with Crippen molar-refractivity contribution in [3.05, 3.63) is 68.6 Å². The van der Waals surface area contributed by atoms with Crippen LogP contribution in [-0.4, -0.2) is 13.0 Å². The second-order valence-electron chi connectivity index (χ2n) is 5.13. The predicted molar refractivity (Wildman–Crippen MR) is 86.6 cm³/mol. The predicted octanol–water partition coefficient (Wildman–Crippen LogP) is 2.77. The van der Waals surface area contributed by atoms with Gasteiger partial charge in [0.05, 0.1) is 11.4 Å². The zero-order chi connectivity index (χ0) is 19.2. The number of hydrogen-bond donors (Lipinski definition) is 1. The molecule has 11 heteroatoms. The van der Waals surface area contributed by atoms with Crippen molar-refractivity contribution >= 4 is 21.4 Å². The third-order valence-electron chi connectivity index (χ3n) is 3.43. The Balaban J connectivity index is 2.24. The molecule has 0 radical (unpaired) electrons. The van der Waals surface area contributed by atoms with E-state index < -0.39 is 43.1 Å². The van der Waals surface area contributed by atoms with Crippen molar-refractivity contribution in [1.82, 2.24) is 4.57 Å². The Bertz CT molecular complexity index is 1160. The summed E-state index contributed by atoms with van der Waals surface area (Å²) in [5, 5.41) is 6.01. The van der Waals surface area contributed by atoms with Crippen molar-refractivity contribution in [3.8, 4) is 16.9 Å². The molecule has 0 saturated heterocycles. The molecule has 136 valence electrons. The summed E-state index contributed by atoms with van der Waals surface area (Å²) < 4.78 is 78.1. The SMILES string of the molecule is NS(=O)(=O)c1c(F)cc(-c2csc(=O)n2-c2ccc(F)c(F)c2)cc1F. The number of halogens is 4. The summed E-state index contributed by atoms with van der Waals surface area (Å²) in [6, 6.07) is 4.02. The van der Waals surface area contributed by atoms with Crippen molar-refractivity contribution < 1.29 is 26.0 Å². The second kappa shape index (κ2) is 6.34. The number of sulfonamides is 1. The first-order chi connectivity index (χ1) is 12.1. The number of benzene rings is 2. The number of aromatic nitrogens is 1. The van der Waals surface area contributed by atoms with E-state index in [0.717, 1.165) is 22.8 Å². The lowest BCUT2D eigenvalue weighted by molar-refractivity contribution is 0.508. The van der Waals surface area contributed by atoms with E-state index in [2.05, 4.69) is 0 Å². The van der Waals surface area contributed by atoms with Crippen molar-refractivity contribution in [1.29, 1.82) is 0 Å². The van der Waals surface area contributed by atoms with E-state index in [0.29, 0.717) is 23.5 Å². The lowest BCUT2D eigenvalue weighted by atomic mass is 10.1. The molecule has 0 atom stereocenters. The van der Waals surface area contributed by atoms with Gasteiger partial charge in [0, 0.05) is 17.0 Å². The highest BCUT2D eigenvalue weighted by Gasteiger charge is 2.23. The third-order valence-corrected chi connectivity index (χ3v) is 5.12. The lowest BCUT2D eigenvalue weighted by Gasteiger charge is -2.10. The Morgan fingerprint density at radius 3 is 2.08 bits per heavy atom. The van der Waals surface area contributed by atoms with Gasteiger partial charge in [0.15, 0.2) is 16.5 Å².